The van der Waals surface area contributed by atoms with Gasteiger partial charge in [0.05, 0.1) is 6.04 Å². The van der Waals surface area contributed by atoms with Crippen molar-refractivity contribution in [1.82, 2.24) is 5.32 Å². The zero-order valence-corrected chi connectivity index (χ0v) is 9.20. The average molecular weight is 213 g/mol. The highest BCUT2D eigenvalue weighted by Crippen LogP contribution is 2.32. The number of methoxy groups -OCH3 is 1. The first-order valence-corrected chi connectivity index (χ1v) is 5.72. The first-order valence-electron chi connectivity index (χ1n) is 5.72. The zero-order valence-electron chi connectivity index (χ0n) is 9.20. The number of carbonyl (C=O) groups is 1. The van der Waals surface area contributed by atoms with Crippen LogP contribution in [0.1, 0.15) is 32.1 Å². The molecule has 0 unspecified atom stereocenters. The molecule has 1 N–H and O–H groups in total. The predicted octanol–water partition coefficient (Wildman–Crippen LogP) is 1.05. The molecule has 1 aliphatic heterocycles. The van der Waals surface area contributed by atoms with Gasteiger partial charge in [-0.3, -0.25) is 4.79 Å². The molecule has 2 rings (SSSR count). The molecule has 1 saturated carbocycles. The van der Waals surface area contributed by atoms with Crippen LogP contribution in [0.3, 0.4) is 0 Å². The molecule has 1 amide bonds. The summed E-state index contributed by atoms with van der Waals surface area (Å²) >= 11 is 0. The number of carbonyl (C=O) groups excluding carboxylic acids is 1. The van der Waals surface area contributed by atoms with Crippen molar-refractivity contribution < 1.29 is 14.3 Å². The van der Waals surface area contributed by atoms with Gasteiger partial charge in [0.2, 0.25) is 0 Å². The van der Waals surface area contributed by atoms with Gasteiger partial charge in [0.15, 0.2) is 6.10 Å². The van der Waals surface area contributed by atoms with E-state index in [2.05, 4.69) is 5.32 Å². The average Bonchev–Trinajstić information content (AvgIpc) is 2.14. The highest BCUT2D eigenvalue weighted by Gasteiger charge is 2.40. The maximum absolute atomic E-state index is 11.2. The van der Waals surface area contributed by atoms with Crippen LogP contribution in [0.4, 0.5) is 0 Å². The molecule has 1 heterocycles. The molecule has 1 saturated heterocycles. The molecule has 15 heavy (non-hydrogen) atoms. The minimum absolute atomic E-state index is 0.00524. The standard InChI is InChI=1S/C11H19NO3/c1-14-7-15-10-9(12-11(10)13)6-5-8-3-2-4-8/h8-10H,2-7H2,1H3,(H,12,13)/t9-,10+/m0/s1. The van der Waals surface area contributed by atoms with E-state index in [1.165, 1.54) is 25.7 Å². The van der Waals surface area contributed by atoms with Crippen molar-refractivity contribution in [2.24, 2.45) is 5.92 Å². The first kappa shape index (κ1) is 10.9. The molecule has 4 heteroatoms. The third-order valence-electron chi connectivity index (χ3n) is 3.43. The Morgan fingerprint density at radius 1 is 1.40 bits per heavy atom. The van der Waals surface area contributed by atoms with Gasteiger partial charge < -0.3 is 14.8 Å². The van der Waals surface area contributed by atoms with Gasteiger partial charge in [0.1, 0.15) is 6.79 Å². The van der Waals surface area contributed by atoms with Crippen LogP contribution in [0, 0.1) is 5.92 Å². The summed E-state index contributed by atoms with van der Waals surface area (Å²) in [6.07, 6.45) is 6.10. The molecular weight excluding hydrogens is 194 g/mol. The summed E-state index contributed by atoms with van der Waals surface area (Å²) < 4.78 is 10.1. The fourth-order valence-electron chi connectivity index (χ4n) is 2.18. The topological polar surface area (TPSA) is 47.6 Å². The van der Waals surface area contributed by atoms with Gasteiger partial charge in [0.25, 0.3) is 5.91 Å². The summed E-state index contributed by atoms with van der Waals surface area (Å²) in [7, 11) is 1.57. The summed E-state index contributed by atoms with van der Waals surface area (Å²) in [6.45, 7) is 0.206. The number of rotatable bonds is 6. The highest BCUT2D eigenvalue weighted by molar-refractivity contribution is 5.88. The largest absolute Gasteiger partial charge is 0.359 e. The Morgan fingerprint density at radius 2 is 2.20 bits per heavy atom. The van der Waals surface area contributed by atoms with Crippen LogP contribution < -0.4 is 5.32 Å². The van der Waals surface area contributed by atoms with E-state index >= 15 is 0 Å². The van der Waals surface area contributed by atoms with Crippen molar-refractivity contribution in [3.63, 3.8) is 0 Å². The van der Waals surface area contributed by atoms with Crippen LogP contribution in [0.5, 0.6) is 0 Å². The molecule has 0 radical (unpaired) electrons. The van der Waals surface area contributed by atoms with E-state index in [0.717, 1.165) is 12.3 Å². The fourth-order valence-corrected chi connectivity index (χ4v) is 2.18. The van der Waals surface area contributed by atoms with Crippen LogP contribution in [-0.2, 0) is 14.3 Å². The van der Waals surface area contributed by atoms with Crippen LogP contribution >= 0.6 is 0 Å². The Hall–Kier alpha value is -0.610. The van der Waals surface area contributed by atoms with Crippen LogP contribution in [0.25, 0.3) is 0 Å². The molecule has 0 bridgehead atoms. The molecule has 1 aliphatic carbocycles. The molecule has 86 valence electrons. The SMILES string of the molecule is COCO[C@H]1C(=O)N[C@H]1CCC1CCC1. The molecule has 2 fully saturated rings. The van der Waals surface area contributed by atoms with E-state index < -0.39 is 0 Å². The number of nitrogens with one attached hydrogen (secondary N) is 1. The van der Waals surface area contributed by atoms with E-state index in [9.17, 15) is 4.79 Å². The Labute approximate surface area is 90.3 Å². The van der Waals surface area contributed by atoms with E-state index in [4.69, 9.17) is 9.47 Å². The third kappa shape index (κ3) is 2.49. The second-order valence-electron chi connectivity index (χ2n) is 4.48. The highest BCUT2D eigenvalue weighted by atomic mass is 16.7. The lowest BCUT2D eigenvalue weighted by Gasteiger charge is -2.37. The summed E-state index contributed by atoms with van der Waals surface area (Å²) in [5, 5.41) is 2.89. The van der Waals surface area contributed by atoms with Gasteiger partial charge in [-0.15, -0.1) is 0 Å². The van der Waals surface area contributed by atoms with Crippen molar-refractivity contribution >= 4 is 5.91 Å². The molecule has 0 aromatic carbocycles. The van der Waals surface area contributed by atoms with E-state index in [1.807, 2.05) is 0 Å². The quantitative estimate of drug-likeness (QED) is 0.530. The lowest BCUT2D eigenvalue weighted by atomic mass is 9.80. The van der Waals surface area contributed by atoms with Gasteiger partial charge in [0, 0.05) is 7.11 Å². The molecule has 0 spiro atoms. The van der Waals surface area contributed by atoms with Gasteiger partial charge in [-0.1, -0.05) is 19.3 Å². The normalized spacial score (nSPS) is 30.6. The molecule has 4 nitrogen and oxygen atoms in total. The van der Waals surface area contributed by atoms with Gasteiger partial charge in [-0.2, -0.15) is 0 Å². The maximum atomic E-state index is 11.2. The summed E-state index contributed by atoms with van der Waals surface area (Å²) in [6, 6.07) is 0.216. The van der Waals surface area contributed by atoms with Crippen LogP contribution in [0.2, 0.25) is 0 Å². The molecular formula is C11H19NO3. The van der Waals surface area contributed by atoms with E-state index in [1.54, 1.807) is 7.11 Å². The molecule has 0 aromatic heterocycles. The summed E-state index contributed by atoms with van der Waals surface area (Å²) in [5.74, 6) is 0.899. The second kappa shape index (κ2) is 4.94. The minimum atomic E-state index is -0.273. The molecule has 0 aromatic rings. The Morgan fingerprint density at radius 3 is 2.73 bits per heavy atom. The molecule has 2 aliphatic rings. The van der Waals surface area contributed by atoms with E-state index in [0.29, 0.717) is 0 Å². The predicted molar refractivity (Wildman–Crippen MR) is 55.3 cm³/mol. The maximum Gasteiger partial charge on any atom is 0.251 e. The van der Waals surface area contributed by atoms with E-state index in [-0.39, 0.29) is 24.8 Å². The monoisotopic (exact) mass is 213 g/mol. The van der Waals surface area contributed by atoms with Crippen molar-refractivity contribution in [1.29, 1.82) is 0 Å². The van der Waals surface area contributed by atoms with Crippen molar-refractivity contribution in [2.75, 3.05) is 13.9 Å². The first-order chi connectivity index (χ1) is 7.31. The van der Waals surface area contributed by atoms with Gasteiger partial charge >= 0.3 is 0 Å². The lowest BCUT2D eigenvalue weighted by Crippen LogP contribution is -2.63. The van der Waals surface area contributed by atoms with Crippen molar-refractivity contribution in [3.8, 4) is 0 Å². The number of ether oxygens (including phenoxy) is 2. The fraction of sp³-hybridized carbons (Fsp3) is 0.909. The summed E-state index contributed by atoms with van der Waals surface area (Å²) in [4.78, 5) is 11.2. The lowest BCUT2D eigenvalue weighted by molar-refractivity contribution is -0.161. The van der Waals surface area contributed by atoms with Crippen LogP contribution in [-0.4, -0.2) is 32.0 Å². The Kier molecular flexibility index (Phi) is 3.59. The van der Waals surface area contributed by atoms with Crippen molar-refractivity contribution in [2.45, 2.75) is 44.2 Å². The Bertz CT molecular complexity index is 228. The van der Waals surface area contributed by atoms with Crippen LogP contribution in [0.15, 0.2) is 0 Å². The van der Waals surface area contributed by atoms with Gasteiger partial charge in [-0.05, 0) is 18.8 Å². The summed E-state index contributed by atoms with van der Waals surface area (Å²) in [5.41, 5.74) is 0. The number of amides is 1. The smallest absolute Gasteiger partial charge is 0.251 e. The zero-order chi connectivity index (χ0) is 10.7. The second-order valence-corrected chi connectivity index (χ2v) is 4.48. The number of hydrogen-bond donors (Lipinski definition) is 1. The number of hydrogen-bond acceptors (Lipinski definition) is 3. The Balaban J connectivity index is 1.65. The van der Waals surface area contributed by atoms with Crippen molar-refractivity contribution in [3.05, 3.63) is 0 Å². The third-order valence-corrected chi connectivity index (χ3v) is 3.43. The van der Waals surface area contributed by atoms with Gasteiger partial charge in [-0.25, -0.2) is 0 Å². The minimum Gasteiger partial charge on any atom is -0.359 e. The number of β-lactam (4-membered cyclic amide) rings is 1. The molecule has 2 atom stereocenters.